The first-order valence-corrected chi connectivity index (χ1v) is 7.67. The molecule has 1 aliphatic rings. The first kappa shape index (κ1) is 15.9. The monoisotopic (exact) mass is 294 g/mol. The van der Waals surface area contributed by atoms with E-state index in [0.29, 0.717) is 5.92 Å². The fourth-order valence-electron chi connectivity index (χ4n) is 3.12. The van der Waals surface area contributed by atoms with Crippen LogP contribution in [0.3, 0.4) is 0 Å². The molecular formula is C16H23FN2O2. The molecule has 1 aromatic heterocycles. The topological polar surface area (TPSA) is 53.4 Å². The average Bonchev–Trinajstić information content (AvgIpc) is 2.49. The molecule has 1 fully saturated rings. The number of aromatic nitrogens is 1. The lowest BCUT2D eigenvalue weighted by Gasteiger charge is -2.37. The summed E-state index contributed by atoms with van der Waals surface area (Å²) in [7, 11) is 0. The molecule has 1 N–H and O–H groups in total. The largest absolute Gasteiger partial charge is 0.481 e. The van der Waals surface area contributed by atoms with Crippen molar-refractivity contribution in [2.24, 2.45) is 5.92 Å². The van der Waals surface area contributed by atoms with Gasteiger partial charge in [-0.3, -0.25) is 14.7 Å². The molecule has 1 atom stereocenters. The van der Waals surface area contributed by atoms with E-state index >= 15 is 0 Å². The van der Waals surface area contributed by atoms with Crippen LogP contribution < -0.4 is 0 Å². The maximum Gasteiger partial charge on any atom is 0.303 e. The Labute approximate surface area is 125 Å². The van der Waals surface area contributed by atoms with Crippen LogP contribution in [-0.4, -0.2) is 34.0 Å². The number of carboxylic acid groups (broad SMARTS) is 1. The SMILES string of the molecule is CCC(c1ccc(F)cn1)N1CCC(CCC(=O)O)CC1. The highest BCUT2D eigenvalue weighted by Gasteiger charge is 2.26. The summed E-state index contributed by atoms with van der Waals surface area (Å²) in [5.74, 6) is -0.503. The number of carbonyl (C=O) groups is 1. The lowest BCUT2D eigenvalue weighted by Crippen LogP contribution is -2.37. The van der Waals surface area contributed by atoms with Crippen molar-refractivity contribution in [1.29, 1.82) is 0 Å². The third-order valence-electron chi connectivity index (χ3n) is 4.33. The van der Waals surface area contributed by atoms with Gasteiger partial charge in [0.15, 0.2) is 0 Å². The number of hydrogen-bond donors (Lipinski definition) is 1. The van der Waals surface area contributed by atoms with Gasteiger partial charge in [0, 0.05) is 6.42 Å². The number of piperidine rings is 1. The summed E-state index contributed by atoms with van der Waals surface area (Å²) >= 11 is 0. The van der Waals surface area contributed by atoms with Crippen molar-refractivity contribution >= 4 is 5.97 Å². The number of aliphatic carboxylic acids is 1. The van der Waals surface area contributed by atoms with Gasteiger partial charge in [0.05, 0.1) is 17.9 Å². The number of rotatable bonds is 6. The maximum atomic E-state index is 13.0. The molecule has 0 bridgehead atoms. The fourth-order valence-corrected chi connectivity index (χ4v) is 3.12. The number of pyridine rings is 1. The van der Waals surface area contributed by atoms with Gasteiger partial charge in [0.25, 0.3) is 0 Å². The first-order chi connectivity index (χ1) is 10.1. The Balaban J connectivity index is 1.90. The molecule has 0 spiro atoms. The molecule has 1 saturated heterocycles. The van der Waals surface area contributed by atoms with Crippen LogP contribution in [-0.2, 0) is 4.79 Å². The zero-order chi connectivity index (χ0) is 15.2. The molecule has 4 nitrogen and oxygen atoms in total. The lowest BCUT2D eigenvalue weighted by atomic mass is 9.91. The molecule has 0 aromatic carbocycles. The second kappa shape index (κ2) is 7.50. The molecule has 2 heterocycles. The Morgan fingerprint density at radius 1 is 1.48 bits per heavy atom. The van der Waals surface area contributed by atoms with Crippen LogP contribution in [0.4, 0.5) is 4.39 Å². The van der Waals surface area contributed by atoms with Crippen LogP contribution in [0.2, 0.25) is 0 Å². The predicted octanol–water partition coefficient (Wildman–Crippen LogP) is 3.25. The van der Waals surface area contributed by atoms with Crippen LogP contribution in [0.15, 0.2) is 18.3 Å². The second-order valence-electron chi connectivity index (χ2n) is 5.74. The molecular weight excluding hydrogens is 271 g/mol. The van der Waals surface area contributed by atoms with E-state index in [0.717, 1.165) is 44.5 Å². The van der Waals surface area contributed by atoms with E-state index in [1.807, 2.05) is 0 Å². The van der Waals surface area contributed by atoms with Crippen molar-refractivity contribution < 1.29 is 14.3 Å². The molecule has 116 valence electrons. The minimum atomic E-state index is -0.709. The summed E-state index contributed by atoms with van der Waals surface area (Å²) in [5, 5.41) is 8.74. The number of carboxylic acids is 1. The van der Waals surface area contributed by atoms with Gasteiger partial charge in [0.1, 0.15) is 5.82 Å². The van der Waals surface area contributed by atoms with Gasteiger partial charge in [-0.1, -0.05) is 6.92 Å². The standard InChI is InChI=1S/C16H23FN2O2/c1-2-15(14-5-4-13(17)11-18-14)19-9-7-12(8-10-19)3-6-16(20)21/h4-5,11-12,15H,2-3,6-10H2,1H3,(H,20,21). The van der Waals surface area contributed by atoms with Crippen molar-refractivity contribution in [3.63, 3.8) is 0 Å². The van der Waals surface area contributed by atoms with E-state index in [4.69, 9.17) is 5.11 Å². The molecule has 1 unspecified atom stereocenters. The summed E-state index contributed by atoms with van der Waals surface area (Å²) in [5.41, 5.74) is 0.919. The predicted molar refractivity (Wildman–Crippen MR) is 78.4 cm³/mol. The van der Waals surface area contributed by atoms with Crippen molar-refractivity contribution in [2.45, 2.75) is 45.1 Å². The zero-order valence-electron chi connectivity index (χ0n) is 12.5. The minimum absolute atomic E-state index is 0.228. The third kappa shape index (κ3) is 4.49. The lowest BCUT2D eigenvalue weighted by molar-refractivity contribution is -0.137. The summed E-state index contributed by atoms with van der Waals surface area (Å²) in [6.07, 6.45) is 5.32. The van der Waals surface area contributed by atoms with Crippen molar-refractivity contribution in [3.05, 3.63) is 29.8 Å². The van der Waals surface area contributed by atoms with Crippen LogP contribution >= 0.6 is 0 Å². The summed E-state index contributed by atoms with van der Waals surface area (Å²) in [6.45, 7) is 4.04. The highest BCUT2D eigenvalue weighted by Crippen LogP contribution is 2.29. The molecule has 2 rings (SSSR count). The van der Waals surface area contributed by atoms with Gasteiger partial charge in [0.2, 0.25) is 0 Å². The van der Waals surface area contributed by atoms with E-state index < -0.39 is 5.97 Å². The van der Waals surface area contributed by atoms with E-state index in [9.17, 15) is 9.18 Å². The Kier molecular flexibility index (Phi) is 5.67. The van der Waals surface area contributed by atoms with Crippen molar-refractivity contribution in [1.82, 2.24) is 9.88 Å². The first-order valence-electron chi connectivity index (χ1n) is 7.67. The van der Waals surface area contributed by atoms with E-state index in [1.54, 1.807) is 6.07 Å². The third-order valence-corrected chi connectivity index (χ3v) is 4.33. The molecule has 0 saturated carbocycles. The van der Waals surface area contributed by atoms with E-state index in [2.05, 4.69) is 16.8 Å². The summed E-state index contributed by atoms with van der Waals surface area (Å²) in [4.78, 5) is 17.2. The zero-order valence-corrected chi connectivity index (χ0v) is 12.5. The van der Waals surface area contributed by atoms with Crippen LogP contribution in [0.25, 0.3) is 0 Å². The van der Waals surface area contributed by atoms with Gasteiger partial charge in [-0.15, -0.1) is 0 Å². The Bertz CT molecular complexity index is 456. The van der Waals surface area contributed by atoms with Gasteiger partial charge < -0.3 is 5.11 Å². The smallest absolute Gasteiger partial charge is 0.303 e. The quantitative estimate of drug-likeness (QED) is 0.875. The maximum absolute atomic E-state index is 13.0. The van der Waals surface area contributed by atoms with Crippen LogP contribution in [0.1, 0.15) is 50.8 Å². The normalized spacial score (nSPS) is 18.6. The number of likely N-dealkylation sites (tertiary alicyclic amines) is 1. The average molecular weight is 294 g/mol. The Morgan fingerprint density at radius 3 is 2.71 bits per heavy atom. The minimum Gasteiger partial charge on any atom is -0.481 e. The second-order valence-corrected chi connectivity index (χ2v) is 5.74. The molecule has 0 radical (unpaired) electrons. The van der Waals surface area contributed by atoms with Crippen LogP contribution in [0, 0.1) is 11.7 Å². The highest BCUT2D eigenvalue weighted by atomic mass is 19.1. The molecule has 21 heavy (non-hydrogen) atoms. The molecule has 1 aromatic rings. The molecule has 0 aliphatic carbocycles. The number of nitrogens with zero attached hydrogens (tertiary/aromatic N) is 2. The van der Waals surface area contributed by atoms with Crippen molar-refractivity contribution in [2.75, 3.05) is 13.1 Å². The number of hydrogen-bond acceptors (Lipinski definition) is 3. The van der Waals surface area contributed by atoms with Gasteiger partial charge in [-0.25, -0.2) is 4.39 Å². The molecule has 0 amide bonds. The van der Waals surface area contributed by atoms with Crippen LogP contribution in [0.5, 0.6) is 0 Å². The van der Waals surface area contributed by atoms with Gasteiger partial charge in [-0.05, 0) is 56.8 Å². The molecule has 5 heteroatoms. The van der Waals surface area contributed by atoms with Gasteiger partial charge >= 0.3 is 5.97 Å². The summed E-state index contributed by atoms with van der Waals surface area (Å²) in [6, 6.07) is 3.45. The number of halogens is 1. The van der Waals surface area contributed by atoms with E-state index in [-0.39, 0.29) is 18.3 Å². The fraction of sp³-hybridized carbons (Fsp3) is 0.625. The van der Waals surface area contributed by atoms with E-state index in [1.165, 1.54) is 12.3 Å². The van der Waals surface area contributed by atoms with Crippen molar-refractivity contribution in [3.8, 4) is 0 Å². The highest BCUT2D eigenvalue weighted by molar-refractivity contribution is 5.66. The Hall–Kier alpha value is -1.49. The molecule has 1 aliphatic heterocycles. The Morgan fingerprint density at radius 2 is 2.19 bits per heavy atom. The van der Waals surface area contributed by atoms with Gasteiger partial charge in [-0.2, -0.15) is 0 Å². The summed E-state index contributed by atoms with van der Waals surface area (Å²) < 4.78 is 13.0.